The summed E-state index contributed by atoms with van der Waals surface area (Å²) in [5.41, 5.74) is 4.04. The van der Waals surface area contributed by atoms with E-state index in [9.17, 15) is 14.4 Å². The third kappa shape index (κ3) is 3.50. The number of aryl methyl sites for hydroxylation is 1. The molecule has 6 heteroatoms. The van der Waals surface area contributed by atoms with E-state index in [-0.39, 0.29) is 24.5 Å². The van der Waals surface area contributed by atoms with Crippen LogP contribution in [0.5, 0.6) is 0 Å². The van der Waals surface area contributed by atoms with Crippen LogP contribution in [0, 0.1) is 6.92 Å². The average Bonchev–Trinajstić information content (AvgIpc) is 3.06. The summed E-state index contributed by atoms with van der Waals surface area (Å²) in [4.78, 5) is 39.3. The highest BCUT2D eigenvalue weighted by Crippen LogP contribution is 2.24. The summed E-state index contributed by atoms with van der Waals surface area (Å²) in [7, 11) is 0. The topological polar surface area (TPSA) is 66.9 Å². The molecule has 2 heterocycles. The largest absolute Gasteiger partial charge is 0.439 e. The van der Waals surface area contributed by atoms with Gasteiger partial charge in [-0.05, 0) is 43.0 Å². The maximum Gasteiger partial charge on any atom is 0.417 e. The predicted octanol–water partition coefficient (Wildman–Crippen LogP) is 3.25. The molecule has 2 aliphatic rings. The van der Waals surface area contributed by atoms with Gasteiger partial charge in [0.15, 0.2) is 6.61 Å². The fourth-order valence-corrected chi connectivity index (χ4v) is 3.78. The van der Waals surface area contributed by atoms with Gasteiger partial charge in [0.2, 0.25) is 0 Å². The minimum absolute atomic E-state index is 0.0239. The van der Waals surface area contributed by atoms with Crippen molar-refractivity contribution in [1.82, 2.24) is 9.80 Å². The third-order valence-corrected chi connectivity index (χ3v) is 5.42. The Labute approximate surface area is 163 Å². The molecule has 0 aliphatic carbocycles. The van der Waals surface area contributed by atoms with E-state index in [0.29, 0.717) is 31.5 Å². The number of nitrogens with zero attached hydrogens (tertiary/aromatic N) is 2. The molecule has 0 bridgehead atoms. The summed E-state index contributed by atoms with van der Waals surface area (Å²) >= 11 is 0. The summed E-state index contributed by atoms with van der Waals surface area (Å²) in [6.45, 7) is 2.91. The Hall–Kier alpha value is -3.15. The number of likely N-dealkylation sites (tertiary alicyclic amines) is 1. The Morgan fingerprint density at radius 3 is 2.04 bits per heavy atom. The monoisotopic (exact) mass is 378 g/mol. The Balaban J connectivity index is 1.39. The van der Waals surface area contributed by atoms with Crippen LogP contribution in [0.15, 0.2) is 48.5 Å². The van der Waals surface area contributed by atoms with E-state index in [4.69, 9.17) is 4.74 Å². The van der Waals surface area contributed by atoms with Crippen molar-refractivity contribution >= 4 is 17.9 Å². The second-order valence-corrected chi connectivity index (χ2v) is 7.29. The number of hydrogen-bond donors (Lipinski definition) is 0. The molecule has 2 saturated heterocycles. The number of amides is 3. The van der Waals surface area contributed by atoms with Crippen molar-refractivity contribution in [2.24, 2.45) is 0 Å². The molecule has 6 nitrogen and oxygen atoms in total. The zero-order chi connectivity index (χ0) is 19.7. The quantitative estimate of drug-likeness (QED) is 0.822. The molecule has 2 aliphatic heterocycles. The highest BCUT2D eigenvalue weighted by atomic mass is 16.6. The number of cyclic esters (lactones) is 1. The van der Waals surface area contributed by atoms with Gasteiger partial charge in [-0.15, -0.1) is 0 Å². The highest BCUT2D eigenvalue weighted by molar-refractivity contribution is 5.98. The molecular formula is C22H22N2O4. The van der Waals surface area contributed by atoms with Crippen LogP contribution < -0.4 is 0 Å². The second-order valence-electron chi connectivity index (χ2n) is 7.29. The lowest BCUT2D eigenvalue weighted by Crippen LogP contribution is -2.48. The lowest BCUT2D eigenvalue weighted by molar-refractivity contribution is -0.127. The predicted molar refractivity (Wildman–Crippen MR) is 104 cm³/mol. The molecule has 2 aromatic carbocycles. The van der Waals surface area contributed by atoms with Gasteiger partial charge >= 0.3 is 6.09 Å². The molecule has 0 N–H and O–H groups in total. The highest BCUT2D eigenvalue weighted by Gasteiger charge is 2.39. The van der Waals surface area contributed by atoms with E-state index in [1.54, 1.807) is 4.90 Å². The van der Waals surface area contributed by atoms with Crippen molar-refractivity contribution in [2.75, 3.05) is 19.7 Å². The molecule has 2 aromatic rings. The van der Waals surface area contributed by atoms with Gasteiger partial charge in [0.1, 0.15) is 0 Å². The number of ether oxygens (including phenoxy) is 1. The SMILES string of the molecule is Cc1ccc(-c2ccc(C(=O)N3CCC(N4C(=O)COC4=O)CC3)cc2)cc1. The van der Waals surface area contributed by atoms with E-state index in [0.717, 1.165) is 11.1 Å². The second kappa shape index (κ2) is 7.46. The number of carbonyl (C=O) groups is 3. The standard InChI is InChI=1S/C22H22N2O4/c1-15-2-4-16(5-3-15)17-6-8-18(9-7-17)21(26)23-12-10-19(11-13-23)24-20(25)14-28-22(24)27/h2-9,19H,10-14H2,1H3. The first kappa shape index (κ1) is 18.2. The molecule has 0 radical (unpaired) electrons. The van der Waals surface area contributed by atoms with Crippen LogP contribution in [0.3, 0.4) is 0 Å². The van der Waals surface area contributed by atoms with Gasteiger partial charge in [-0.1, -0.05) is 42.0 Å². The summed E-state index contributed by atoms with van der Waals surface area (Å²) in [5.74, 6) is -0.314. The number of piperidine rings is 1. The van der Waals surface area contributed by atoms with Crippen molar-refractivity contribution < 1.29 is 19.1 Å². The van der Waals surface area contributed by atoms with E-state index >= 15 is 0 Å². The van der Waals surface area contributed by atoms with Crippen LogP contribution >= 0.6 is 0 Å². The Morgan fingerprint density at radius 1 is 0.929 bits per heavy atom. The average molecular weight is 378 g/mol. The van der Waals surface area contributed by atoms with Crippen molar-refractivity contribution in [3.63, 3.8) is 0 Å². The fraction of sp³-hybridized carbons (Fsp3) is 0.318. The number of rotatable bonds is 3. The summed E-state index contributed by atoms with van der Waals surface area (Å²) in [5, 5.41) is 0. The molecule has 4 rings (SSSR count). The van der Waals surface area contributed by atoms with Crippen LogP contribution in [-0.4, -0.2) is 53.4 Å². The Kier molecular flexibility index (Phi) is 4.86. The lowest BCUT2D eigenvalue weighted by Gasteiger charge is -2.34. The van der Waals surface area contributed by atoms with Crippen LogP contribution in [0.25, 0.3) is 11.1 Å². The van der Waals surface area contributed by atoms with E-state index in [1.165, 1.54) is 10.5 Å². The van der Waals surface area contributed by atoms with E-state index in [1.807, 2.05) is 24.3 Å². The maximum absolute atomic E-state index is 12.8. The van der Waals surface area contributed by atoms with Gasteiger partial charge in [-0.3, -0.25) is 9.59 Å². The van der Waals surface area contributed by atoms with Crippen molar-refractivity contribution in [3.05, 3.63) is 59.7 Å². The molecule has 0 aromatic heterocycles. The lowest BCUT2D eigenvalue weighted by atomic mass is 10.0. The number of carbonyl (C=O) groups excluding carboxylic acids is 3. The first-order valence-electron chi connectivity index (χ1n) is 9.48. The molecule has 0 saturated carbocycles. The van der Waals surface area contributed by atoms with Crippen LogP contribution in [0.2, 0.25) is 0 Å². The Morgan fingerprint density at radius 2 is 1.50 bits per heavy atom. The zero-order valence-corrected chi connectivity index (χ0v) is 15.8. The van der Waals surface area contributed by atoms with E-state index in [2.05, 4.69) is 31.2 Å². The molecule has 0 atom stereocenters. The molecular weight excluding hydrogens is 356 g/mol. The van der Waals surface area contributed by atoms with Crippen LogP contribution in [0.1, 0.15) is 28.8 Å². The third-order valence-electron chi connectivity index (χ3n) is 5.42. The minimum atomic E-state index is -0.568. The van der Waals surface area contributed by atoms with Crippen molar-refractivity contribution in [2.45, 2.75) is 25.8 Å². The van der Waals surface area contributed by atoms with Gasteiger partial charge in [-0.25, -0.2) is 9.69 Å². The summed E-state index contributed by atoms with van der Waals surface area (Å²) in [6.07, 6.45) is 0.587. The maximum atomic E-state index is 12.8. The Bertz CT molecular complexity index is 881. The first-order valence-corrected chi connectivity index (χ1v) is 9.48. The molecule has 28 heavy (non-hydrogen) atoms. The number of hydrogen-bond acceptors (Lipinski definition) is 4. The zero-order valence-electron chi connectivity index (χ0n) is 15.8. The van der Waals surface area contributed by atoms with Gasteiger partial charge in [0.25, 0.3) is 11.8 Å². The van der Waals surface area contributed by atoms with Gasteiger partial charge < -0.3 is 9.64 Å². The molecule has 2 fully saturated rings. The normalized spacial score (nSPS) is 17.8. The molecule has 144 valence electrons. The number of imide groups is 1. The first-order chi connectivity index (χ1) is 13.5. The minimum Gasteiger partial charge on any atom is -0.439 e. The van der Waals surface area contributed by atoms with Crippen molar-refractivity contribution in [3.8, 4) is 11.1 Å². The van der Waals surface area contributed by atoms with Crippen molar-refractivity contribution in [1.29, 1.82) is 0 Å². The van der Waals surface area contributed by atoms with Gasteiger partial charge in [0, 0.05) is 24.7 Å². The van der Waals surface area contributed by atoms with Crippen LogP contribution in [-0.2, 0) is 9.53 Å². The van der Waals surface area contributed by atoms with Crippen LogP contribution in [0.4, 0.5) is 4.79 Å². The fourth-order valence-electron chi connectivity index (χ4n) is 3.78. The van der Waals surface area contributed by atoms with Gasteiger partial charge in [0.05, 0.1) is 0 Å². The van der Waals surface area contributed by atoms with Gasteiger partial charge in [-0.2, -0.15) is 0 Å². The number of benzene rings is 2. The smallest absolute Gasteiger partial charge is 0.417 e. The molecule has 3 amide bonds. The summed E-state index contributed by atoms with van der Waals surface area (Å²) < 4.78 is 4.79. The van der Waals surface area contributed by atoms with E-state index < -0.39 is 6.09 Å². The molecule has 0 spiro atoms. The summed E-state index contributed by atoms with van der Waals surface area (Å²) in [6, 6.07) is 15.7. The molecule has 0 unspecified atom stereocenters.